The highest BCUT2D eigenvalue weighted by Crippen LogP contribution is 2.32. The third-order valence-electron chi connectivity index (χ3n) is 2.68. The fourth-order valence-corrected chi connectivity index (χ4v) is 2.27. The van der Waals surface area contributed by atoms with Gasteiger partial charge < -0.3 is 5.11 Å². The summed E-state index contributed by atoms with van der Waals surface area (Å²) < 4.78 is 1.11. The molecule has 0 saturated heterocycles. The molecule has 1 aromatic rings. The summed E-state index contributed by atoms with van der Waals surface area (Å²) in [5, 5.41) is 9.37. The average molecular weight is 257 g/mol. The topological polar surface area (TPSA) is 20.2 Å². The molecule has 1 nitrogen and oxygen atoms in total. The minimum Gasteiger partial charge on any atom is -0.395 e. The second kappa shape index (κ2) is 4.03. The molecule has 2 heteroatoms. The first-order chi connectivity index (χ1) is 6.40. The summed E-state index contributed by atoms with van der Waals surface area (Å²) >= 11 is 3.52. The van der Waals surface area contributed by atoms with E-state index in [-0.39, 0.29) is 12.0 Å². The van der Waals surface area contributed by atoms with E-state index < -0.39 is 0 Å². The zero-order valence-corrected chi connectivity index (χ0v) is 10.8. The Hall–Kier alpha value is -0.340. The number of aliphatic hydroxyl groups excluding tert-OH is 1. The Labute approximate surface area is 94.3 Å². The Kier molecular flexibility index (Phi) is 3.38. The first-order valence-corrected chi connectivity index (χ1v) is 5.56. The van der Waals surface area contributed by atoms with Crippen LogP contribution in [0, 0.1) is 13.8 Å². The van der Waals surface area contributed by atoms with Crippen LogP contribution in [0.5, 0.6) is 0 Å². The number of aryl methyl sites for hydroxylation is 1. The molecular formula is C12H17BrO. The average Bonchev–Trinajstić information content (AvgIpc) is 2.12. The molecule has 0 heterocycles. The van der Waals surface area contributed by atoms with Gasteiger partial charge in [-0.3, -0.25) is 0 Å². The third kappa shape index (κ3) is 2.01. The summed E-state index contributed by atoms with van der Waals surface area (Å²) in [6.07, 6.45) is 0. The van der Waals surface area contributed by atoms with E-state index >= 15 is 0 Å². The van der Waals surface area contributed by atoms with Gasteiger partial charge in [0.15, 0.2) is 0 Å². The molecule has 0 unspecified atom stereocenters. The van der Waals surface area contributed by atoms with Crippen LogP contribution in [0.15, 0.2) is 16.6 Å². The molecule has 0 atom stereocenters. The molecule has 0 saturated carbocycles. The molecule has 0 aromatic heterocycles. The van der Waals surface area contributed by atoms with Gasteiger partial charge in [0.1, 0.15) is 0 Å². The van der Waals surface area contributed by atoms with Gasteiger partial charge in [0, 0.05) is 9.89 Å². The lowest BCUT2D eigenvalue weighted by molar-refractivity contribution is 0.217. The lowest BCUT2D eigenvalue weighted by Gasteiger charge is -2.27. The Morgan fingerprint density at radius 2 is 1.86 bits per heavy atom. The lowest BCUT2D eigenvalue weighted by atomic mass is 9.80. The van der Waals surface area contributed by atoms with Crippen molar-refractivity contribution in [1.82, 2.24) is 0 Å². The summed E-state index contributed by atoms with van der Waals surface area (Å²) in [4.78, 5) is 0. The van der Waals surface area contributed by atoms with Crippen LogP contribution in [0.4, 0.5) is 0 Å². The monoisotopic (exact) mass is 256 g/mol. The molecule has 0 fully saturated rings. The van der Waals surface area contributed by atoms with Gasteiger partial charge in [-0.2, -0.15) is 0 Å². The van der Waals surface area contributed by atoms with Crippen molar-refractivity contribution in [1.29, 1.82) is 0 Å². The molecule has 0 radical (unpaired) electrons. The third-order valence-corrected chi connectivity index (χ3v) is 3.54. The molecule has 1 rings (SSSR count). The number of aliphatic hydroxyl groups is 1. The standard InChI is InChI=1S/C12H17BrO/c1-8-5-6-10(13)9(2)11(8)12(3,4)7-14/h5-6,14H,7H2,1-4H3. The molecule has 78 valence electrons. The highest BCUT2D eigenvalue weighted by Gasteiger charge is 2.24. The van der Waals surface area contributed by atoms with Crippen molar-refractivity contribution in [3.05, 3.63) is 33.3 Å². The maximum atomic E-state index is 9.37. The number of hydrogen-bond donors (Lipinski definition) is 1. The summed E-state index contributed by atoms with van der Waals surface area (Å²) in [5.74, 6) is 0. The Balaban J connectivity index is 3.40. The highest BCUT2D eigenvalue weighted by molar-refractivity contribution is 9.10. The van der Waals surface area contributed by atoms with Gasteiger partial charge in [-0.05, 0) is 36.6 Å². The van der Waals surface area contributed by atoms with Crippen LogP contribution in [0.2, 0.25) is 0 Å². The van der Waals surface area contributed by atoms with Gasteiger partial charge in [-0.1, -0.05) is 35.8 Å². The number of benzene rings is 1. The lowest BCUT2D eigenvalue weighted by Crippen LogP contribution is -2.24. The minimum absolute atomic E-state index is 0.169. The zero-order chi connectivity index (χ0) is 10.9. The normalized spacial score (nSPS) is 11.9. The van der Waals surface area contributed by atoms with Crippen molar-refractivity contribution >= 4 is 15.9 Å². The van der Waals surface area contributed by atoms with E-state index in [1.54, 1.807) is 0 Å². The Morgan fingerprint density at radius 1 is 1.29 bits per heavy atom. The largest absolute Gasteiger partial charge is 0.395 e. The van der Waals surface area contributed by atoms with E-state index in [4.69, 9.17) is 0 Å². The second-order valence-corrected chi connectivity index (χ2v) is 5.26. The van der Waals surface area contributed by atoms with Crippen LogP contribution < -0.4 is 0 Å². The second-order valence-electron chi connectivity index (χ2n) is 4.41. The summed E-state index contributed by atoms with van der Waals surface area (Å²) in [6.45, 7) is 8.48. The van der Waals surface area contributed by atoms with Gasteiger partial charge in [0.25, 0.3) is 0 Å². The molecule has 1 N–H and O–H groups in total. The smallest absolute Gasteiger partial charge is 0.0522 e. The molecule has 1 aromatic carbocycles. The molecule has 0 aliphatic carbocycles. The highest BCUT2D eigenvalue weighted by atomic mass is 79.9. The van der Waals surface area contributed by atoms with Crippen LogP contribution in [0.1, 0.15) is 30.5 Å². The van der Waals surface area contributed by atoms with Gasteiger partial charge in [-0.25, -0.2) is 0 Å². The Bertz CT molecular complexity index is 342. The maximum absolute atomic E-state index is 9.37. The fraction of sp³-hybridized carbons (Fsp3) is 0.500. The van der Waals surface area contributed by atoms with Crippen molar-refractivity contribution in [3.8, 4) is 0 Å². The summed E-state index contributed by atoms with van der Waals surface area (Å²) in [5.41, 5.74) is 3.54. The van der Waals surface area contributed by atoms with E-state index in [1.807, 2.05) is 0 Å². The summed E-state index contributed by atoms with van der Waals surface area (Å²) in [6, 6.07) is 4.14. The van der Waals surface area contributed by atoms with E-state index in [0.29, 0.717) is 0 Å². The number of hydrogen-bond acceptors (Lipinski definition) is 1. The molecular weight excluding hydrogens is 240 g/mol. The van der Waals surface area contributed by atoms with Crippen LogP contribution in [0.25, 0.3) is 0 Å². The molecule has 0 amide bonds. The SMILES string of the molecule is Cc1ccc(Br)c(C)c1C(C)(C)CO. The number of halogens is 1. The van der Waals surface area contributed by atoms with E-state index in [1.165, 1.54) is 16.7 Å². The molecule has 0 spiro atoms. The van der Waals surface area contributed by atoms with Crippen LogP contribution in [0.3, 0.4) is 0 Å². The molecule has 14 heavy (non-hydrogen) atoms. The van der Waals surface area contributed by atoms with Crippen LogP contribution >= 0.6 is 15.9 Å². The molecule has 0 bridgehead atoms. The molecule has 0 aliphatic rings. The van der Waals surface area contributed by atoms with E-state index in [0.717, 1.165) is 4.47 Å². The maximum Gasteiger partial charge on any atom is 0.0522 e. The van der Waals surface area contributed by atoms with Crippen molar-refractivity contribution in [2.24, 2.45) is 0 Å². The first kappa shape index (κ1) is 11.7. The van der Waals surface area contributed by atoms with E-state index in [2.05, 4.69) is 55.8 Å². The van der Waals surface area contributed by atoms with Crippen molar-refractivity contribution < 1.29 is 5.11 Å². The summed E-state index contributed by atoms with van der Waals surface area (Å²) in [7, 11) is 0. The zero-order valence-electron chi connectivity index (χ0n) is 9.19. The predicted molar refractivity (Wildman–Crippen MR) is 63.7 cm³/mol. The van der Waals surface area contributed by atoms with Gasteiger partial charge in [0.2, 0.25) is 0 Å². The van der Waals surface area contributed by atoms with Gasteiger partial charge in [0.05, 0.1) is 6.61 Å². The first-order valence-electron chi connectivity index (χ1n) is 4.77. The molecule has 0 aliphatic heterocycles. The number of rotatable bonds is 2. The van der Waals surface area contributed by atoms with Crippen LogP contribution in [-0.2, 0) is 5.41 Å². The van der Waals surface area contributed by atoms with Gasteiger partial charge in [-0.15, -0.1) is 0 Å². The van der Waals surface area contributed by atoms with Crippen LogP contribution in [-0.4, -0.2) is 11.7 Å². The van der Waals surface area contributed by atoms with Gasteiger partial charge >= 0.3 is 0 Å². The predicted octanol–water partition coefficient (Wildman–Crippen LogP) is 3.34. The van der Waals surface area contributed by atoms with E-state index in [9.17, 15) is 5.11 Å². The minimum atomic E-state index is -0.169. The fourth-order valence-electron chi connectivity index (χ4n) is 1.94. The van der Waals surface area contributed by atoms with Crippen molar-refractivity contribution in [2.45, 2.75) is 33.1 Å². The Morgan fingerprint density at radius 3 is 2.36 bits per heavy atom. The van der Waals surface area contributed by atoms with Crippen molar-refractivity contribution in [3.63, 3.8) is 0 Å². The quantitative estimate of drug-likeness (QED) is 0.861. The van der Waals surface area contributed by atoms with Crippen molar-refractivity contribution in [2.75, 3.05) is 6.61 Å².